The summed E-state index contributed by atoms with van der Waals surface area (Å²) in [6.45, 7) is 4.16. The Balaban J connectivity index is 1.35. The Bertz CT molecular complexity index is 1700. The van der Waals surface area contributed by atoms with Crippen LogP contribution >= 0.6 is 0 Å². The molecule has 1 aromatic carbocycles. The van der Waals surface area contributed by atoms with E-state index < -0.39 is 78.2 Å². The molecule has 0 radical (unpaired) electrons. The number of rotatable bonds is 6. The highest BCUT2D eigenvalue weighted by Gasteiger charge is 2.45. The molecule has 6 rings (SSSR count). The topological polar surface area (TPSA) is 206 Å². The van der Waals surface area contributed by atoms with Gasteiger partial charge in [-0.3, -0.25) is 33.6 Å². The van der Waals surface area contributed by atoms with E-state index >= 15 is 0 Å². The summed E-state index contributed by atoms with van der Waals surface area (Å²) in [5, 5.41) is 11.2. The zero-order valence-corrected chi connectivity index (χ0v) is 30.9. The third-order valence-corrected chi connectivity index (χ3v) is 11.2. The van der Waals surface area contributed by atoms with Crippen molar-refractivity contribution in [3.63, 3.8) is 0 Å². The fourth-order valence-electron chi connectivity index (χ4n) is 8.09. The van der Waals surface area contributed by atoms with Crippen LogP contribution in [0.25, 0.3) is 0 Å². The zero-order chi connectivity index (χ0) is 38.4. The van der Waals surface area contributed by atoms with Crippen molar-refractivity contribution in [3.8, 4) is 0 Å². The van der Waals surface area contributed by atoms with E-state index in [2.05, 4.69) is 31.2 Å². The Morgan fingerprint density at radius 1 is 0.704 bits per heavy atom. The van der Waals surface area contributed by atoms with E-state index in [0.717, 1.165) is 5.56 Å². The van der Waals surface area contributed by atoms with E-state index in [1.54, 1.807) is 6.20 Å². The summed E-state index contributed by atoms with van der Waals surface area (Å²) < 4.78 is 0. The number of carbonyl (C=O) groups excluding carboxylic acids is 7. The molecule has 4 aliphatic rings. The number of hydrogen-bond acceptors (Lipinski definition) is 8. The van der Waals surface area contributed by atoms with E-state index in [1.807, 2.05) is 44.2 Å². The molecule has 7 amide bonds. The molecule has 0 spiro atoms. The molecule has 0 aliphatic carbocycles. The van der Waals surface area contributed by atoms with E-state index in [0.29, 0.717) is 63.7 Å². The number of aromatic nitrogens is 2. The first-order chi connectivity index (χ1) is 26.0. The van der Waals surface area contributed by atoms with Crippen molar-refractivity contribution in [2.24, 2.45) is 5.92 Å². The maximum atomic E-state index is 14.4. The molecule has 0 bridgehead atoms. The highest BCUT2D eigenvalue weighted by atomic mass is 16.2. The van der Waals surface area contributed by atoms with Gasteiger partial charge in [0.1, 0.15) is 36.3 Å². The van der Waals surface area contributed by atoms with Gasteiger partial charge in [-0.1, -0.05) is 50.6 Å². The maximum absolute atomic E-state index is 14.4. The van der Waals surface area contributed by atoms with Crippen molar-refractivity contribution in [2.75, 3.05) is 26.2 Å². The molecule has 4 aliphatic heterocycles. The lowest BCUT2D eigenvalue weighted by molar-refractivity contribution is -0.148. The van der Waals surface area contributed by atoms with E-state index in [4.69, 9.17) is 0 Å². The zero-order valence-electron chi connectivity index (χ0n) is 30.9. The first-order valence-electron chi connectivity index (χ1n) is 19.2. The smallest absolute Gasteiger partial charge is 0.246 e. The van der Waals surface area contributed by atoms with Gasteiger partial charge >= 0.3 is 0 Å². The summed E-state index contributed by atoms with van der Waals surface area (Å²) in [6, 6.07) is 3.45. The average Bonchev–Trinajstić information content (AvgIpc) is 4.02. The monoisotopic (exact) mass is 745 g/mol. The third kappa shape index (κ3) is 8.57. The van der Waals surface area contributed by atoms with Gasteiger partial charge in [0, 0.05) is 44.4 Å². The van der Waals surface area contributed by atoms with Crippen LogP contribution in [0.4, 0.5) is 0 Å². The number of nitrogens with one attached hydrogen (secondary N) is 5. The molecule has 16 nitrogen and oxygen atoms in total. The molecular formula is C38H51N9O7. The van der Waals surface area contributed by atoms with E-state index in [-0.39, 0.29) is 31.2 Å². The molecule has 1 aromatic heterocycles. The van der Waals surface area contributed by atoms with Crippen LogP contribution in [0.1, 0.15) is 70.1 Å². The van der Waals surface area contributed by atoms with Gasteiger partial charge in [-0.2, -0.15) is 0 Å². The van der Waals surface area contributed by atoms with Gasteiger partial charge in [-0.05, 0) is 50.0 Å². The van der Waals surface area contributed by atoms with Gasteiger partial charge in [-0.15, -0.1) is 0 Å². The van der Waals surface area contributed by atoms with Crippen molar-refractivity contribution in [3.05, 3.63) is 54.1 Å². The van der Waals surface area contributed by atoms with Crippen LogP contribution in [0.15, 0.2) is 42.9 Å². The van der Waals surface area contributed by atoms with Crippen molar-refractivity contribution in [1.29, 1.82) is 0 Å². The summed E-state index contributed by atoms with van der Waals surface area (Å²) in [4.78, 5) is 109. The highest BCUT2D eigenvalue weighted by Crippen LogP contribution is 2.27. The van der Waals surface area contributed by atoms with Crippen LogP contribution in [0.5, 0.6) is 0 Å². The summed E-state index contributed by atoms with van der Waals surface area (Å²) in [5.41, 5.74) is 1.39. The van der Waals surface area contributed by atoms with Gasteiger partial charge in [-0.25, -0.2) is 4.98 Å². The van der Waals surface area contributed by atoms with Gasteiger partial charge in [0.15, 0.2) is 0 Å². The fraction of sp³-hybridized carbons (Fsp3) is 0.579. The number of H-pyrrole nitrogens is 1. The lowest BCUT2D eigenvalue weighted by Crippen LogP contribution is -2.60. The molecule has 5 heterocycles. The second-order valence-electron chi connectivity index (χ2n) is 14.8. The minimum Gasteiger partial charge on any atom is -0.348 e. The number of aromatic amines is 1. The van der Waals surface area contributed by atoms with Crippen LogP contribution in [-0.2, 0) is 46.4 Å². The number of amides is 7. The Kier molecular flexibility index (Phi) is 12.3. The molecule has 5 N–H and O–H groups in total. The van der Waals surface area contributed by atoms with Crippen molar-refractivity contribution < 1.29 is 33.6 Å². The summed E-state index contributed by atoms with van der Waals surface area (Å²) in [5.74, 6) is -3.77. The van der Waals surface area contributed by atoms with Crippen LogP contribution in [-0.4, -0.2) is 128 Å². The molecule has 4 fully saturated rings. The first kappa shape index (κ1) is 38.4. The lowest BCUT2D eigenvalue weighted by Gasteiger charge is -2.34. The molecule has 7 atom stereocenters. The second-order valence-corrected chi connectivity index (χ2v) is 14.8. The number of carbonyl (C=O) groups is 7. The Hall–Kier alpha value is -5.28. The molecular weight excluding hydrogens is 694 g/mol. The minimum atomic E-state index is -1.08. The quantitative estimate of drug-likeness (QED) is 0.267. The van der Waals surface area contributed by atoms with Gasteiger partial charge in [0.2, 0.25) is 41.4 Å². The summed E-state index contributed by atoms with van der Waals surface area (Å²) >= 11 is 0. The highest BCUT2D eigenvalue weighted by molar-refractivity contribution is 5.98. The van der Waals surface area contributed by atoms with Crippen LogP contribution in [0, 0.1) is 5.92 Å². The molecule has 4 saturated heterocycles. The van der Waals surface area contributed by atoms with Gasteiger partial charge in [0.05, 0.1) is 12.9 Å². The lowest BCUT2D eigenvalue weighted by atomic mass is 9.97. The fourth-order valence-corrected chi connectivity index (χ4v) is 8.09. The van der Waals surface area contributed by atoms with Crippen molar-refractivity contribution in [1.82, 2.24) is 45.9 Å². The molecule has 7 unspecified atom stereocenters. The molecule has 290 valence electrons. The Labute approximate surface area is 314 Å². The maximum Gasteiger partial charge on any atom is 0.246 e. The van der Waals surface area contributed by atoms with E-state index in [1.165, 1.54) is 21.0 Å². The number of fused-ring (bicyclic) bond motifs is 3. The molecule has 2 aromatic rings. The normalized spacial score (nSPS) is 28.3. The summed E-state index contributed by atoms with van der Waals surface area (Å²) in [7, 11) is 0. The van der Waals surface area contributed by atoms with Crippen molar-refractivity contribution >= 4 is 41.4 Å². The predicted octanol–water partition coefficient (Wildman–Crippen LogP) is -0.202. The number of benzene rings is 1. The third-order valence-electron chi connectivity index (χ3n) is 11.2. The second kappa shape index (κ2) is 17.2. The summed E-state index contributed by atoms with van der Waals surface area (Å²) in [6.07, 6.45) is 6.59. The number of imidazole rings is 1. The SMILES string of the molecule is CCC(C)C1NC(=O)CNC(=O)C2CCCN2C(=O)C2CCCN2C(=O)C(Cc2cnc[nH]2)NC(=O)C2CCCN2C(=O)C(Cc2ccccc2)NC1=O. The van der Waals surface area contributed by atoms with Gasteiger partial charge in [0.25, 0.3) is 0 Å². The van der Waals surface area contributed by atoms with Crippen LogP contribution in [0.2, 0.25) is 0 Å². The van der Waals surface area contributed by atoms with E-state index in [9.17, 15) is 33.6 Å². The molecule has 16 heteroatoms. The number of hydrogen-bond donors (Lipinski definition) is 5. The minimum absolute atomic E-state index is 0.0715. The largest absolute Gasteiger partial charge is 0.348 e. The first-order valence-corrected chi connectivity index (χ1v) is 19.2. The Morgan fingerprint density at radius 2 is 1.28 bits per heavy atom. The average molecular weight is 746 g/mol. The van der Waals surface area contributed by atoms with Crippen LogP contribution < -0.4 is 21.3 Å². The van der Waals surface area contributed by atoms with Crippen molar-refractivity contribution in [2.45, 2.75) is 108 Å². The Morgan fingerprint density at radius 3 is 1.91 bits per heavy atom. The molecule has 0 saturated carbocycles. The van der Waals surface area contributed by atoms with Gasteiger partial charge < -0.3 is 41.0 Å². The predicted molar refractivity (Wildman–Crippen MR) is 195 cm³/mol. The van der Waals surface area contributed by atoms with Crippen LogP contribution in [0.3, 0.4) is 0 Å². The standard InChI is InChI=1S/C38H51N9O7/c1-3-23(2)32-35(51)43-26(18-24-10-5-4-6-11-24)36(52)45-15-8-13-29(45)34(50)42-27(19-25-20-39-22-41-25)37(53)47-17-9-14-30(47)38(54)46-16-7-12-28(46)33(49)40-21-31(48)44-32/h4-6,10-11,20,22-23,26-30,32H,3,7-9,12-19,21H2,1-2H3,(H,39,41)(H,40,49)(H,42,50)(H,43,51)(H,44,48). The molecule has 54 heavy (non-hydrogen) atoms. The number of nitrogens with zero attached hydrogens (tertiary/aromatic N) is 4.